The Bertz CT molecular complexity index is 584. The second-order valence-corrected chi connectivity index (χ2v) is 7.99. The highest BCUT2D eigenvalue weighted by Gasteiger charge is 2.41. The lowest BCUT2D eigenvalue weighted by molar-refractivity contribution is -0.133. The molecule has 2 heterocycles. The predicted molar refractivity (Wildman–Crippen MR) is 85.6 cm³/mol. The summed E-state index contributed by atoms with van der Waals surface area (Å²) in [6, 6.07) is 1.87. The van der Waals surface area contributed by atoms with Crippen molar-refractivity contribution in [3.05, 3.63) is 16.5 Å². The Labute approximate surface area is 129 Å². The Kier molecular flexibility index (Phi) is 3.78. The number of nitrogen functional groups attached to an aromatic ring is 1. The molecule has 5 nitrogen and oxygen atoms in total. The molecule has 6 heteroatoms. The van der Waals surface area contributed by atoms with Crippen LogP contribution in [0.5, 0.6) is 0 Å². The fraction of sp³-hybridized carbons (Fsp3) is 0.600. The Balaban J connectivity index is 2.36. The first-order valence-corrected chi connectivity index (χ1v) is 7.87. The van der Waals surface area contributed by atoms with Gasteiger partial charge in [-0.05, 0) is 25.3 Å². The standard InChI is InChI=1S/C15H23N3O2S/c1-14(2,3)10-8-9(11(16)21-10)12(19)18-7-6-17-13(20)15(18,4)5/h8H,6-7,16H2,1-5H3,(H,17,20). The second-order valence-electron chi connectivity index (χ2n) is 6.91. The number of hydrogen-bond acceptors (Lipinski definition) is 4. The minimum absolute atomic E-state index is 0.0495. The summed E-state index contributed by atoms with van der Waals surface area (Å²) in [4.78, 5) is 27.5. The summed E-state index contributed by atoms with van der Waals surface area (Å²) in [6.45, 7) is 10.8. The molecular weight excluding hydrogens is 286 g/mol. The molecule has 1 saturated heterocycles. The normalized spacial score (nSPS) is 18.5. The molecule has 1 fully saturated rings. The zero-order valence-electron chi connectivity index (χ0n) is 13.2. The zero-order valence-corrected chi connectivity index (χ0v) is 14.1. The molecule has 0 unspecified atom stereocenters. The van der Waals surface area contributed by atoms with Crippen molar-refractivity contribution in [2.24, 2.45) is 0 Å². The van der Waals surface area contributed by atoms with Gasteiger partial charge in [-0.25, -0.2) is 0 Å². The largest absolute Gasteiger partial charge is 0.390 e. The van der Waals surface area contributed by atoms with Crippen molar-refractivity contribution in [1.82, 2.24) is 10.2 Å². The maximum atomic E-state index is 12.8. The number of nitrogens with zero attached hydrogens (tertiary/aromatic N) is 1. The van der Waals surface area contributed by atoms with Gasteiger partial charge in [-0.1, -0.05) is 20.8 Å². The molecule has 0 saturated carbocycles. The third kappa shape index (κ3) is 2.77. The fourth-order valence-electron chi connectivity index (χ4n) is 2.34. The molecule has 116 valence electrons. The molecule has 0 atom stereocenters. The number of hydrogen-bond donors (Lipinski definition) is 2. The summed E-state index contributed by atoms with van der Waals surface area (Å²) in [5.41, 5.74) is 5.64. The summed E-state index contributed by atoms with van der Waals surface area (Å²) >= 11 is 1.44. The molecule has 3 N–H and O–H groups in total. The van der Waals surface area contributed by atoms with Gasteiger partial charge in [0, 0.05) is 18.0 Å². The maximum absolute atomic E-state index is 12.8. The van der Waals surface area contributed by atoms with Crippen LogP contribution in [0, 0.1) is 0 Å². The van der Waals surface area contributed by atoms with Gasteiger partial charge in [0.1, 0.15) is 5.54 Å². The zero-order chi connectivity index (χ0) is 16.0. The fourth-order valence-corrected chi connectivity index (χ4v) is 3.32. The predicted octanol–water partition coefficient (Wildman–Crippen LogP) is 1.98. The van der Waals surface area contributed by atoms with Gasteiger partial charge in [0.25, 0.3) is 5.91 Å². The summed E-state index contributed by atoms with van der Waals surface area (Å²) in [5.74, 6) is -0.300. The number of carbonyl (C=O) groups excluding carboxylic acids is 2. The first-order chi connectivity index (χ1) is 9.55. The van der Waals surface area contributed by atoms with Crippen LogP contribution in [-0.2, 0) is 10.2 Å². The van der Waals surface area contributed by atoms with Crippen LogP contribution in [0.15, 0.2) is 6.07 Å². The van der Waals surface area contributed by atoms with E-state index in [0.29, 0.717) is 23.7 Å². The Hall–Kier alpha value is -1.56. The number of piperazine rings is 1. The summed E-state index contributed by atoms with van der Waals surface area (Å²) < 4.78 is 0. The SMILES string of the molecule is CC(C)(C)c1cc(C(=O)N2CCNC(=O)C2(C)C)c(N)s1. The van der Waals surface area contributed by atoms with Crippen LogP contribution in [-0.4, -0.2) is 35.3 Å². The molecule has 1 aliphatic rings. The van der Waals surface area contributed by atoms with Crippen LogP contribution in [0.4, 0.5) is 5.00 Å². The minimum Gasteiger partial charge on any atom is -0.390 e. The van der Waals surface area contributed by atoms with E-state index in [1.807, 2.05) is 6.07 Å². The van der Waals surface area contributed by atoms with E-state index < -0.39 is 5.54 Å². The van der Waals surface area contributed by atoms with Gasteiger partial charge >= 0.3 is 0 Å². The molecular formula is C15H23N3O2S. The monoisotopic (exact) mass is 309 g/mol. The third-order valence-electron chi connectivity index (χ3n) is 3.83. The smallest absolute Gasteiger partial charge is 0.257 e. The molecule has 1 aromatic heterocycles. The van der Waals surface area contributed by atoms with Crippen LogP contribution in [0.2, 0.25) is 0 Å². The average molecular weight is 309 g/mol. The minimum atomic E-state index is -0.856. The molecule has 0 spiro atoms. The van der Waals surface area contributed by atoms with Crippen molar-refractivity contribution in [3.63, 3.8) is 0 Å². The van der Waals surface area contributed by atoms with Crippen molar-refractivity contribution < 1.29 is 9.59 Å². The molecule has 1 aliphatic heterocycles. The first kappa shape index (κ1) is 15.8. The van der Waals surface area contributed by atoms with Crippen LogP contribution in [0.3, 0.4) is 0 Å². The van der Waals surface area contributed by atoms with E-state index in [1.165, 1.54) is 11.3 Å². The molecule has 2 rings (SSSR count). The van der Waals surface area contributed by atoms with Crippen LogP contribution < -0.4 is 11.1 Å². The first-order valence-electron chi connectivity index (χ1n) is 7.05. The quantitative estimate of drug-likeness (QED) is 0.833. The number of rotatable bonds is 1. The van der Waals surface area contributed by atoms with E-state index >= 15 is 0 Å². The molecule has 0 aromatic carbocycles. The molecule has 0 bridgehead atoms. The number of nitrogens with two attached hydrogens (primary N) is 1. The third-order valence-corrected chi connectivity index (χ3v) is 5.22. The van der Waals surface area contributed by atoms with E-state index in [0.717, 1.165) is 4.88 Å². The highest BCUT2D eigenvalue weighted by atomic mass is 32.1. The number of carbonyl (C=O) groups is 2. The molecule has 21 heavy (non-hydrogen) atoms. The topological polar surface area (TPSA) is 75.4 Å². The van der Waals surface area contributed by atoms with Crippen molar-refractivity contribution >= 4 is 28.2 Å². The van der Waals surface area contributed by atoms with Crippen LogP contribution in [0.1, 0.15) is 49.9 Å². The number of amides is 2. The lowest BCUT2D eigenvalue weighted by atomic mass is 9.93. The average Bonchev–Trinajstić information content (AvgIpc) is 2.74. The van der Waals surface area contributed by atoms with Crippen molar-refractivity contribution in [2.75, 3.05) is 18.8 Å². The maximum Gasteiger partial charge on any atom is 0.257 e. The van der Waals surface area contributed by atoms with Gasteiger partial charge < -0.3 is 16.0 Å². The van der Waals surface area contributed by atoms with E-state index in [9.17, 15) is 9.59 Å². The summed E-state index contributed by atoms with van der Waals surface area (Å²) in [5, 5.41) is 3.31. The highest BCUT2D eigenvalue weighted by molar-refractivity contribution is 7.16. The molecule has 2 amide bonds. The van der Waals surface area contributed by atoms with Gasteiger partial charge in [-0.2, -0.15) is 0 Å². The Morgan fingerprint density at radius 1 is 1.43 bits per heavy atom. The number of thiophene rings is 1. The van der Waals surface area contributed by atoms with Crippen LogP contribution >= 0.6 is 11.3 Å². The van der Waals surface area contributed by atoms with Gasteiger partial charge in [0.2, 0.25) is 5.91 Å². The van der Waals surface area contributed by atoms with Gasteiger partial charge in [-0.15, -0.1) is 11.3 Å². The van der Waals surface area contributed by atoms with Gasteiger partial charge in [-0.3, -0.25) is 9.59 Å². The lowest BCUT2D eigenvalue weighted by Crippen LogP contribution is -2.63. The van der Waals surface area contributed by atoms with Crippen molar-refractivity contribution in [1.29, 1.82) is 0 Å². The van der Waals surface area contributed by atoms with E-state index in [-0.39, 0.29) is 17.2 Å². The number of nitrogens with one attached hydrogen (secondary N) is 1. The lowest BCUT2D eigenvalue weighted by Gasteiger charge is -2.41. The molecule has 0 aliphatic carbocycles. The number of anilines is 1. The Morgan fingerprint density at radius 2 is 2.05 bits per heavy atom. The molecule has 1 aromatic rings. The van der Waals surface area contributed by atoms with Gasteiger partial charge in [0.05, 0.1) is 10.6 Å². The summed E-state index contributed by atoms with van der Waals surface area (Å²) in [6.07, 6.45) is 0. The van der Waals surface area contributed by atoms with E-state index in [2.05, 4.69) is 26.1 Å². The van der Waals surface area contributed by atoms with Gasteiger partial charge in [0.15, 0.2) is 0 Å². The summed E-state index contributed by atoms with van der Waals surface area (Å²) in [7, 11) is 0. The van der Waals surface area contributed by atoms with E-state index in [1.54, 1.807) is 18.7 Å². The van der Waals surface area contributed by atoms with E-state index in [4.69, 9.17) is 5.73 Å². The molecule has 0 radical (unpaired) electrons. The Morgan fingerprint density at radius 3 is 2.57 bits per heavy atom. The van der Waals surface area contributed by atoms with Crippen LogP contribution in [0.25, 0.3) is 0 Å². The van der Waals surface area contributed by atoms with Crippen molar-refractivity contribution in [2.45, 2.75) is 45.6 Å². The highest BCUT2D eigenvalue weighted by Crippen LogP contribution is 2.35. The van der Waals surface area contributed by atoms with Crippen molar-refractivity contribution in [3.8, 4) is 0 Å². The second kappa shape index (κ2) is 5.02.